The lowest BCUT2D eigenvalue weighted by Crippen LogP contribution is -2.34. The molecule has 3 aromatic carbocycles. The molecule has 8 bridgehead atoms. The molecule has 0 radical (unpaired) electrons. The van der Waals surface area contributed by atoms with E-state index in [1.807, 2.05) is 0 Å². The monoisotopic (exact) mass is 473 g/mol. The number of hydrogen-bond donors (Lipinski definition) is 0. The Balaban J connectivity index is 1.45. The molecule has 0 saturated heterocycles. The van der Waals surface area contributed by atoms with E-state index in [2.05, 4.69) is 116 Å². The summed E-state index contributed by atoms with van der Waals surface area (Å²) in [6, 6.07) is 30.1. The molecule has 0 atom stereocenters. The predicted octanol–water partition coefficient (Wildman–Crippen LogP) is 4.08. The van der Waals surface area contributed by atoms with Gasteiger partial charge in [-0.2, -0.15) is 0 Å². The Kier molecular flexibility index (Phi) is 4.84. The molecule has 0 spiro atoms. The Bertz CT molecular complexity index is 1630. The zero-order chi connectivity index (χ0) is 24.1. The van der Waals surface area contributed by atoms with Crippen LogP contribution in [0.25, 0.3) is 22.1 Å². The zero-order valence-electron chi connectivity index (χ0n) is 20.2. The van der Waals surface area contributed by atoms with Crippen LogP contribution < -0.4 is 13.9 Å². The Labute approximate surface area is 209 Å². The van der Waals surface area contributed by atoms with Crippen molar-refractivity contribution < 1.29 is 13.9 Å². The second-order valence-electron chi connectivity index (χ2n) is 9.53. The van der Waals surface area contributed by atoms with E-state index in [9.17, 15) is 0 Å². The van der Waals surface area contributed by atoms with Crippen LogP contribution in [-0.4, -0.2) is 21.2 Å². The molecular weight excluding hydrogens is 446 g/mol. The fourth-order valence-electron chi connectivity index (χ4n) is 5.47. The number of nitrogens with zero attached hydrogens (tertiary/aromatic N) is 5. The van der Waals surface area contributed by atoms with E-state index in [0.717, 1.165) is 43.3 Å². The average molecular weight is 474 g/mol. The normalized spacial score (nSPS) is 13.2. The first kappa shape index (κ1) is 20.9. The summed E-state index contributed by atoms with van der Waals surface area (Å²) in [6.45, 7) is 2.96. The highest BCUT2D eigenvalue weighted by Crippen LogP contribution is 2.21. The van der Waals surface area contributed by atoms with Crippen molar-refractivity contribution in [3.63, 3.8) is 0 Å². The molecule has 7 rings (SSSR count). The molecule has 6 nitrogen and oxygen atoms in total. The molecule has 0 fully saturated rings. The lowest BCUT2D eigenvalue weighted by Gasteiger charge is -2.08. The van der Waals surface area contributed by atoms with E-state index in [4.69, 9.17) is 9.72 Å². The van der Waals surface area contributed by atoms with Gasteiger partial charge in [0, 0.05) is 0 Å². The van der Waals surface area contributed by atoms with Gasteiger partial charge in [0.2, 0.25) is 12.7 Å². The summed E-state index contributed by atoms with van der Waals surface area (Å²) in [6.07, 6.45) is 4.43. The number of benzene rings is 3. The minimum atomic E-state index is 0.719. The predicted molar refractivity (Wildman–Crippen MR) is 138 cm³/mol. The topological polar surface area (TPSA) is 39.7 Å². The lowest BCUT2D eigenvalue weighted by molar-refractivity contribution is -0.664. The Morgan fingerprint density at radius 2 is 1.19 bits per heavy atom. The van der Waals surface area contributed by atoms with Crippen LogP contribution in [-0.2, 0) is 26.2 Å². The standard InChI is InChI=1S/C30H27N5O/c1-36-26-14-22-13-23(15-26)17-33-21-35(30-12-5-3-10-28(30)33)19-25-8-6-7-24(31-25)18-34-20-32(16-22)27-9-2-4-11-29(27)34/h2-15,20-21H,16-19H2,1H3/q+2. The van der Waals surface area contributed by atoms with Crippen molar-refractivity contribution in [1.82, 2.24) is 14.1 Å². The van der Waals surface area contributed by atoms with Crippen LogP contribution in [0.4, 0.5) is 0 Å². The lowest BCUT2D eigenvalue weighted by atomic mass is 10.1. The van der Waals surface area contributed by atoms with Crippen LogP contribution in [0.1, 0.15) is 22.5 Å². The zero-order valence-corrected chi connectivity index (χ0v) is 20.2. The first-order chi connectivity index (χ1) is 17.7. The summed E-state index contributed by atoms with van der Waals surface area (Å²) in [4.78, 5) is 5.05. The van der Waals surface area contributed by atoms with Gasteiger partial charge in [-0.15, -0.1) is 0 Å². The first-order valence-corrected chi connectivity index (χ1v) is 12.3. The van der Waals surface area contributed by atoms with E-state index < -0.39 is 0 Å². The minimum absolute atomic E-state index is 0.719. The van der Waals surface area contributed by atoms with Gasteiger partial charge in [-0.05, 0) is 65.7 Å². The second-order valence-corrected chi connectivity index (χ2v) is 9.53. The second kappa shape index (κ2) is 8.34. The van der Waals surface area contributed by atoms with Gasteiger partial charge >= 0.3 is 0 Å². The molecule has 3 aromatic heterocycles. The fraction of sp³-hybridized carbons (Fsp3) is 0.167. The van der Waals surface area contributed by atoms with Gasteiger partial charge in [-0.25, -0.2) is 23.3 Å². The largest absolute Gasteiger partial charge is 0.497 e. The van der Waals surface area contributed by atoms with Gasteiger partial charge in [0.15, 0.2) is 22.1 Å². The summed E-state index contributed by atoms with van der Waals surface area (Å²) in [5.74, 6) is 0.886. The maximum Gasteiger partial charge on any atom is 0.245 e. The Morgan fingerprint density at radius 1 is 0.667 bits per heavy atom. The smallest absolute Gasteiger partial charge is 0.245 e. The van der Waals surface area contributed by atoms with Crippen LogP contribution in [0.15, 0.2) is 97.6 Å². The molecule has 1 aliphatic rings. The summed E-state index contributed by atoms with van der Waals surface area (Å²) in [5.41, 5.74) is 9.36. The summed E-state index contributed by atoms with van der Waals surface area (Å²) < 4.78 is 15.0. The van der Waals surface area contributed by atoms with Gasteiger partial charge in [-0.1, -0.05) is 30.3 Å². The van der Waals surface area contributed by atoms with Crippen LogP contribution in [0, 0.1) is 0 Å². The Hall–Kier alpha value is -4.45. The molecule has 36 heavy (non-hydrogen) atoms. The fourth-order valence-corrected chi connectivity index (χ4v) is 5.47. The number of rotatable bonds is 1. The number of hydrogen-bond acceptors (Lipinski definition) is 2. The van der Waals surface area contributed by atoms with E-state index in [1.54, 1.807) is 7.11 Å². The van der Waals surface area contributed by atoms with Gasteiger partial charge in [-0.3, -0.25) is 0 Å². The van der Waals surface area contributed by atoms with Crippen molar-refractivity contribution in [2.24, 2.45) is 0 Å². The van der Waals surface area contributed by atoms with E-state index in [0.29, 0.717) is 0 Å². The summed E-state index contributed by atoms with van der Waals surface area (Å²) in [5, 5.41) is 0. The van der Waals surface area contributed by atoms with Gasteiger partial charge < -0.3 is 4.74 Å². The number of para-hydroxylation sites is 4. The third kappa shape index (κ3) is 3.62. The van der Waals surface area contributed by atoms with Crippen LogP contribution in [0.2, 0.25) is 0 Å². The summed E-state index contributed by atoms with van der Waals surface area (Å²) >= 11 is 0. The molecular formula is C30H27N5O+2. The van der Waals surface area contributed by atoms with Crippen molar-refractivity contribution in [3.05, 3.63) is 120 Å². The van der Waals surface area contributed by atoms with Crippen molar-refractivity contribution in [3.8, 4) is 5.75 Å². The molecule has 0 amide bonds. The van der Waals surface area contributed by atoms with Gasteiger partial charge in [0.05, 0.1) is 18.5 Å². The van der Waals surface area contributed by atoms with Crippen molar-refractivity contribution >= 4 is 22.1 Å². The third-order valence-corrected chi connectivity index (χ3v) is 7.06. The number of ether oxygens (including phenoxy) is 1. The van der Waals surface area contributed by atoms with E-state index in [1.165, 1.54) is 33.2 Å². The highest BCUT2D eigenvalue weighted by Gasteiger charge is 2.20. The molecule has 1 aliphatic heterocycles. The highest BCUT2D eigenvalue weighted by atomic mass is 16.5. The number of pyridine rings is 1. The number of imidazole rings is 2. The maximum atomic E-state index is 5.72. The number of methoxy groups -OCH3 is 1. The van der Waals surface area contributed by atoms with Crippen molar-refractivity contribution in [1.29, 1.82) is 0 Å². The molecule has 0 aliphatic carbocycles. The molecule has 176 valence electrons. The molecule has 0 N–H and O–H groups in total. The minimum Gasteiger partial charge on any atom is -0.497 e. The van der Waals surface area contributed by atoms with Gasteiger partial charge in [0.25, 0.3) is 0 Å². The van der Waals surface area contributed by atoms with E-state index in [-0.39, 0.29) is 0 Å². The van der Waals surface area contributed by atoms with Crippen molar-refractivity contribution in [2.75, 3.05) is 7.11 Å². The third-order valence-electron chi connectivity index (χ3n) is 7.06. The van der Waals surface area contributed by atoms with E-state index >= 15 is 0 Å². The molecule has 0 saturated carbocycles. The van der Waals surface area contributed by atoms with Crippen molar-refractivity contribution in [2.45, 2.75) is 26.2 Å². The summed E-state index contributed by atoms with van der Waals surface area (Å²) in [7, 11) is 1.74. The molecule has 4 heterocycles. The molecule has 6 aromatic rings. The van der Waals surface area contributed by atoms with Crippen LogP contribution in [0.3, 0.4) is 0 Å². The average Bonchev–Trinajstić information content (AvgIpc) is 3.41. The first-order valence-electron chi connectivity index (χ1n) is 12.3. The van der Waals surface area contributed by atoms with Crippen LogP contribution in [0.5, 0.6) is 5.75 Å². The van der Waals surface area contributed by atoms with Crippen LogP contribution >= 0.6 is 0 Å². The SMILES string of the molecule is COc1cc2cc(c1)C[n+]1cn(c3ccccc31)Cc1cccc(n1)Cn1c[n+](c3ccccc31)C2. The maximum absolute atomic E-state index is 5.72. The Morgan fingerprint density at radius 3 is 1.72 bits per heavy atom. The van der Waals surface area contributed by atoms with Gasteiger partial charge in [0.1, 0.15) is 31.9 Å². The highest BCUT2D eigenvalue weighted by molar-refractivity contribution is 5.72. The number of aromatic nitrogens is 5. The molecule has 0 unspecified atom stereocenters. The quantitative estimate of drug-likeness (QED) is 0.337. The number of fused-ring (bicyclic) bond motifs is 14. The molecule has 6 heteroatoms.